The molecular weight excluding hydrogens is 841 g/mol. The Labute approximate surface area is 390 Å². The maximum atomic E-state index is 11.6. The van der Waals surface area contributed by atoms with Gasteiger partial charge in [0.25, 0.3) is 0 Å². The van der Waals surface area contributed by atoms with Crippen LogP contribution in [-0.2, 0) is 26.8 Å². The number of alkyl halides is 2. The van der Waals surface area contributed by atoms with E-state index in [-0.39, 0.29) is 82.1 Å². The van der Waals surface area contributed by atoms with Crippen LogP contribution in [-0.4, -0.2) is 77.3 Å². The smallest absolute Gasteiger partial charge is 0.744 e. The van der Waals surface area contributed by atoms with Gasteiger partial charge in [-0.25, -0.2) is 25.9 Å². The van der Waals surface area contributed by atoms with Crippen LogP contribution in [0, 0.1) is 19.3 Å². The summed E-state index contributed by atoms with van der Waals surface area (Å²) < 4.78 is 91.4. The molecule has 0 unspecified atom stereocenters. The average molecular weight is 878 g/mol. The number of hydrogen-bond donors (Lipinski definition) is 0. The quantitative estimate of drug-likeness (QED) is 0.0368. The number of nitrogens with zero attached hydrogens (tertiary/aromatic N) is 11. The molecule has 0 fully saturated rings. The molecule has 0 saturated carbocycles. The van der Waals surface area contributed by atoms with Gasteiger partial charge >= 0.3 is 59.1 Å². The van der Waals surface area contributed by atoms with Crippen molar-refractivity contribution in [2.75, 3.05) is 26.4 Å². The number of aryl methyl sites for hydroxylation is 2. The van der Waals surface area contributed by atoms with Crippen LogP contribution in [0.25, 0.3) is 64.9 Å². The molecule has 0 saturated heterocycles. The van der Waals surface area contributed by atoms with E-state index in [1.807, 2.05) is 26.0 Å². The Morgan fingerprint density at radius 2 is 1.17 bits per heavy atom. The molecule has 0 N–H and O–H groups in total. The molecular formula is C37H37F2N11Na2O6S2. The van der Waals surface area contributed by atoms with Gasteiger partial charge in [0.2, 0.25) is 0 Å². The first-order valence-corrected chi connectivity index (χ1v) is 19.7. The minimum atomic E-state index is -4.54. The van der Waals surface area contributed by atoms with Gasteiger partial charge in [-0.05, 0) is 83.6 Å². The zero-order chi connectivity index (χ0) is 43.1. The number of halogens is 2. The molecule has 0 radical (unpaired) electrons. The molecule has 0 amide bonds. The summed E-state index contributed by atoms with van der Waals surface area (Å²) in [7, 11) is -9.08. The Hall–Kier alpha value is -4.52. The minimum Gasteiger partial charge on any atom is -0.744 e. The molecule has 3 heterocycles. The first-order chi connectivity index (χ1) is 27.7. The van der Waals surface area contributed by atoms with E-state index in [1.54, 1.807) is 61.9 Å². The predicted octanol–water partition coefficient (Wildman–Crippen LogP) is 2.10. The molecule has 6 rings (SSSR count). The van der Waals surface area contributed by atoms with Gasteiger partial charge in [0, 0.05) is 45.7 Å². The Kier molecular flexibility index (Phi) is 26.7. The molecule has 60 heavy (non-hydrogen) atoms. The van der Waals surface area contributed by atoms with E-state index in [0.717, 1.165) is 34.0 Å². The zero-order valence-corrected chi connectivity index (χ0v) is 39.1. The Bertz CT molecular complexity index is 2470. The van der Waals surface area contributed by atoms with Crippen LogP contribution in [0.5, 0.6) is 0 Å². The SMILES string of the molecule is C#CC.CCCN=[N+]=[N-].Cc1cn(CC[18F])nn1.O=S(=O)([O-])c1ccc(-c2ccnc3c2ccc2c(-c4ccc(S(=O)(=O)[O-])cc4)ccnc23)cc1.[N-]=[N+]=NCC[18F].[Na+].[Na+]. The van der Waals surface area contributed by atoms with E-state index in [2.05, 4.69) is 52.7 Å². The van der Waals surface area contributed by atoms with Gasteiger partial charge in [-0.2, -0.15) is 0 Å². The van der Waals surface area contributed by atoms with Crippen LogP contribution in [0.3, 0.4) is 0 Å². The average Bonchev–Trinajstić information content (AvgIpc) is 3.63. The van der Waals surface area contributed by atoms with Crippen molar-refractivity contribution < 1.29 is 93.8 Å². The summed E-state index contributed by atoms with van der Waals surface area (Å²) in [5, 5.41) is 15.0. The van der Waals surface area contributed by atoms with Gasteiger partial charge in [-0.15, -0.1) is 17.4 Å². The number of benzene rings is 3. The summed E-state index contributed by atoms with van der Waals surface area (Å²) in [5.41, 5.74) is 20.2. The first kappa shape index (κ1) is 55.5. The normalized spacial score (nSPS) is 9.97. The molecule has 0 bridgehead atoms. The van der Waals surface area contributed by atoms with Gasteiger partial charge in [0.15, 0.2) is 0 Å². The molecule has 0 aliphatic rings. The van der Waals surface area contributed by atoms with Gasteiger partial charge in [-0.3, -0.25) is 14.4 Å². The molecule has 0 aliphatic carbocycles. The summed E-state index contributed by atoms with van der Waals surface area (Å²) >= 11 is 0. The number of pyridine rings is 2. The van der Waals surface area contributed by atoms with E-state index < -0.39 is 26.9 Å². The Balaban J connectivity index is 0.00000110. The standard InChI is InChI=1S/C24H16N2O6S2.C5H8FN3.C3H7N3.C3H4.C2H4FN3.2Na/c27-33(28,29)17-5-1-15(2-6-17)19-11-13-25-23-21(19)9-10-22-20(12-14-26-24(22)23)16-3-7-18(8-4-16)34(30,31)32;1-5-4-9(3-2-6)8-7-5;1-2-3-5-6-4;1-3-2;3-1-2-5-6-4;;/h1-14H,(H,27,28,29)(H,30,31,32);4H,2-3H2,1H3;2-3H2,1H3;1H,2H3;1-2H2;;/q;;;;;2*+1/p-2/i;6-1;;;3-1;;. The van der Waals surface area contributed by atoms with Gasteiger partial charge in [-0.1, -0.05) is 65.2 Å². The van der Waals surface area contributed by atoms with Crippen LogP contribution in [0.4, 0.5) is 8.78 Å². The second kappa shape index (κ2) is 28.9. The zero-order valence-electron chi connectivity index (χ0n) is 33.4. The van der Waals surface area contributed by atoms with Gasteiger partial charge in [0.05, 0.1) is 46.3 Å². The third-order valence-electron chi connectivity index (χ3n) is 7.13. The molecule has 23 heteroatoms. The molecule has 3 aromatic heterocycles. The summed E-state index contributed by atoms with van der Waals surface area (Å²) in [6, 6.07) is 18.7. The maximum absolute atomic E-state index is 11.6. The van der Waals surface area contributed by atoms with Gasteiger partial charge in [0.1, 0.15) is 26.9 Å². The topological polar surface area (TPSA) is 268 Å². The second-order valence-corrected chi connectivity index (χ2v) is 14.0. The summed E-state index contributed by atoms with van der Waals surface area (Å²) in [6.07, 6.45) is 10.5. The fraction of sp³-hybridized carbons (Fsp3) is 0.243. The third-order valence-corrected chi connectivity index (χ3v) is 8.83. The van der Waals surface area contributed by atoms with Crippen LogP contribution >= 0.6 is 0 Å². The molecule has 17 nitrogen and oxygen atoms in total. The largest absolute Gasteiger partial charge is 1.00 e. The van der Waals surface area contributed by atoms with Crippen molar-refractivity contribution in [3.63, 3.8) is 0 Å². The van der Waals surface area contributed by atoms with Crippen molar-refractivity contribution in [1.82, 2.24) is 25.0 Å². The number of aromatic nitrogens is 5. The number of fused-ring (bicyclic) bond motifs is 3. The minimum absolute atomic E-state index is 0. The molecule has 3 aromatic carbocycles. The molecule has 0 spiro atoms. The monoisotopic (exact) mass is 877 g/mol. The van der Waals surface area contributed by atoms with E-state index >= 15 is 0 Å². The number of hydrogen-bond acceptors (Lipinski definition) is 12. The summed E-state index contributed by atoms with van der Waals surface area (Å²) in [6.45, 7) is 5.37. The van der Waals surface area contributed by atoms with E-state index in [4.69, 9.17) is 11.1 Å². The number of terminal acetylenes is 1. The molecule has 0 aliphatic heterocycles. The van der Waals surface area contributed by atoms with Crippen molar-refractivity contribution in [1.29, 1.82) is 0 Å². The third kappa shape index (κ3) is 18.0. The number of rotatable bonds is 10. The molecule has 6 aromatic rings. The maximum Gasteiger partial charge on any atom is 1.00 e. The Morgan fingerprint density at radius 3 is 1.45 bits per heavy atom. The van der Waals surface area contributed by atoms with E-state index in [9.17, 15) is 34.7 Å². The summed E-state index contributed by atoms with van der Waals surface area (Å²) in [5.74, 6) is 2.25. The van der Waals surface area contributed by atoms with E-state index in [1.165, 1.54) is 28.9 Å². The predicted molar refractivity (Wildman–Crippen MR) is 213 cm³/mol. The fourth-order valence-corrected chi connectivity index (χ4v) is 5.69. The van der Waals surface area contributed by atoms with Crippen molar-refractivity contribution in [2.45, 2.75) is 43.5 Å². The van der Waals surface area contributed by atoms with Crippen molar-refractivity contribution in [2.24, 2.45) is 10.2 Å². The van der Waals surface area contributed by atoms with Crippen molar-refractivity contribution in [3.8, 4) is 34.6 Å². The van der Waals surface area contributed by atoms with Crippen LogP contribution in [0.15, 0.2) is 111 Å². The van der Waals surface area contributed by atoms with Crippen molar-refractivity contribution >= 4 is 42.0 Å². The fourth-order valence-electron chi connectivity index (χ4n) is 4.75. The summed E-state index contributed by atoms with van der Waals surface area (Å²) in [4.78, 5) is 13.3. The first-order valence-electron chi connectivity index (χ1n) is 16.9. The van der Waals surface area contributed by atoms with Crippen molar-refractivity contribution in [3.05, 3.63) is 118 Å². The molecule has 0 atom stereocenters. The second-order valence-electron chi connectivity index (χ2n) is 11.2. The van der Waals surface area contributed by atoms with Gasteiger partial charge < -0.3 is 9.11 Å². The van der Waals surface area contributed by atoms with Crippen LogP contribution in [0.2, 0.25) is 0 Å². The van der Waals surface area contributed by atoms with Crippen LogP contribution in [0.1, 0.15) is 26.0 Å². The van der Waals surface area contributed by atoms with E-state index in [0.29, 0.717) is 35.2 Å². The van der Waals surface area contributed by atoms with Crippen LogP contribution < -0.4 is 59.1 Å². The molecule has 304 valence electrons. The Morgan fingerprint density at radius 1 is 0.750 bits per heavy atom. The number of azide groups is 2.